The van der Waals surface area contributed by atoms with Crippen LogP contribution in [0, 0.1) is 6.92 Å². The van der Waals surface area contributed by atoms with Crippen LogP contribution in [0.4, 0.5) is 0 Å². The fourth-order valence-corrected chi connectivity index (χ4v) is 2.82. The first-order valence-electron chi connectivity index (χ1n) is 7.04. The Bertz CT molecular complexity index is 621. The molecule has 0 radical (unpaired) electrons. The lowest BCUT2D eigenvalue weighted by molar-refractivity contribution is 0.0697. The molecule has 0 bridgehead atoms. The number of hydrogen-bond acceptors (Lipinski definition) is 3. The average Bonchev–Trinajstić information content (AvgIpc) is 3.05. The molecule has 0 aliphatic heterocycles. The lowest BCUT2D eigenvalue weighted by Gasteiger charge is -2.21. The number of carbonyl (C=O) groups is 1. The van der Waals surface area contributed by atoms with Crippen LogP contribution in [0.25, 0.3) is 11.5 Å². The van der Waals surface area contributed by atoms with Crippen LogP contribution < -0.4 is 0 Å². The van der Waals surface area contributed by atoms with Crippen molar-refractivity contribution in [1.29, 1.82) is 0 Å². The molecule has 0 unspecified atom stereocenters. The molecule has 106 valence electrons. The van der Waals surface area contributed by atoms with Crippen molar-refractivity contribution in [2.24, 2.45) is 0 Å². The molecule has 0 spiro atoms. The van der Waals surface area contributed by atoms with Crippen LogP contribution in [0.15, 0.2) is 22.7 Å². The largest absolute Gasteiger partial charge is 0.478 e. The summed E-state index contributed by atoms with van der Waals surface area (Å²) in [6, 6.07) is 3.90. The number of carboxylic acid groups (broad SMARTS) is 1. The Hall–Kier alpha value is -2.04. The Morgan fingerprint density at radius 1 is 1.35 bits per heavy atom. The predicted molar refractivity (Wildman–Crippen MR) is 73.7 cm³/mol. The summed E-state index contributed by atoms with van der Waals surface area (Å²) in [5.41, 5.74) is 0.640. The number of aryl methyl sites for hydroxylation is 1. The topological polar surface area (TPSA) is 68.3 Å². The van der Waals surface area contributed by atoms with Gasteiger partial charge in [0.25, 0.3) is 0 Å². The van der Waals surface area contributed by atoms with Crippen molar-refractivity contribution in [3.63, 3.8) is 0 Å². The van der Waals surface area contributed by atoms with Gasteiger partial charge in [-0.05, 0) is 31.9 Å². The van der Waals surface area contributed by atoms with Crippen LogP contribution in [0.1, 0.15) is 54.3 Å². The summed E-state index contributed by atoms with van der Waals surface area (Å²) in [4.78, 5) is 11.4. The molecule has 2 aromatic heterocycles. The molecule has 5 heteroatoms. The first kappa shape index (κ1) is 13.0. The van der Waals surface area contributed by atoms with Crippen LogP contribution in [0.2, 0.25) is 0 Å². The van der Waals surface area contributed by atoms with E-state index in [1.807, 2.05) is 17.7 Å². The van der Waals surface area contributed by atoms with Crippen molar-refractivity contribution >= 4 is 5.97 Å². The van der Waals surface area contributed by atoms with E-state index in [1.165, 1.54) is 19.3 Å². The zero-order valence-electron chi connectivity index (χ0n) is 11.5. The van der Waals surface area contributed by atoms with Crippen molar-refractivity contribution in [2.45, 2.75) is 45.1 Å². The normalized spacial score (nSPS) is 16.4. The third-order valence-corrected chi connectivity index (χ3v) is 3.88. The summed E-state index contributed by atoms with van der Waals surface area (Å²) in [6.07, 6.45) is 7.40. The van der Waals surface area contributed by atoms with Crippen molar-refractivity contribution in [3.05, 3.63) is 29.7 Å². The van der Waals surface area contributed by atoms with Gasteiger partial charge in [-0.25, -0.2) is 4.79 Å². The molecule has 5 nitrogen and oxygen atoms in total. The number of furan rings is 1. The maximum Gasteiger partial charge on any atom is 0.339 e. The van der Waals surface area contributed by atoms with E-state index >= 15 is 0 Å². The van der Waals surface area contributed by atoms with Crippen LogP contribution in [0.5, 0.6) is 0 Å². The summed E-state index contributed by atoms with van der Waals surface area (Å²) < 4.78 is 7.34. The van der Waals surface area contributed by atoms with Gasteiger partial charge in [-0.2, -0.15) is 5.10 Å². The second kappa shape index (κ2) is 5.15. The van der Waals surface area contributed by atoms with E-state index in [4.69, 9.17) is 4.42 Å². The third-order valence-electron chi connectivity index (χ3n) is 3.88. The molecule has 1 saturated carbocycles. The van der Waals surface area contributed by atoms with E-state index < -0.39 is 5.97 Å². The first-order chi connectivity index (χ1) is 9.65. The molecule has 1 N–H and O–H groups in total. The minimum Gasteiger partial charge on any atom is -0.478 e. The zero-order valence-corrected chi connectivity index (χ0v) is 11.5. The van der Waals surface area contributed by atoms with Gasteiger partial charge in [0.1, 0.15) is 17.0 Å². The van der Waals surface area contributed by atoms with Gasteiger partial charge >= 0.3 is 5.97 Å². The molecule has 3 rings (SSSR count). The third kappa shape index (κ3) is 2.35. The fraction of sp³-hybridized carbons (Fsp3) is 0.467. The molecule has 0 saturated heterocycles. The minimum absolute atomic E-state index is 0.213. The zero-order chi connectivity index (χ0) is 14.1. The predicted octanol–water partition coefficient (Wildman–Crippen LogP) is 3.65. The van der Waals surface area contributed by atoms with Gasteiger partial charge in [0.15, 0.2) is 5.76 Å². The van der Waals surface area contributed by atoms with Gasteiger partial charge in [-0.15, -0.1) is 0 Å². The van der Waals surface area contributed by atoms with Gasteiger partial charge in [-0.1, -0.05) is 19.3 Å². The lowest BCUT2D eigenvalue weighted by atomic mass is 9.96. The highest BCUT2D eigenvalue weighted by molar-refractivity contribution is 5.93. The van der Waals surface area contributed by atoms with E-state index in [2.05, 4.69) is 5.10 Å². The van der Waals surface area contributed by atoms with Gasteiger partial charge in [-0.3, -0.25) is 4.68 Å². The Morgan fingerprint density at radius 2 is 2.10 bits per heavy atom. The van der Waals surface area contributed by atoms with Crippen LogP contribution >= 0.6 is 0 Å². The molecule has 2 heterocycles. The number of carboxylic acids is 1. The van der Waals surface area contributed by atoms with Crippen molar-refractivity contribution in [2.75, 3.05) is 0 Å². The molecule has 1 aliphatic rings. The fourth-order valence-electron chi connectivity index (χ4n) is 2.82. The van der Waals surface area contributed by atoms with E-state index in [-0.39, 0.29) is 5.56 Å². The highest BCUT2D eigenvalue weighted by atomic mass is 16.4. The Balaban J connectivity index is 2.00. The maximum absolute atomic E-state index is 11.4. The quantitative estimate of drug-likeness (QED) is 0.927. The van der Waals surface area contributed by atoms with E-state index in [9.17, 15) is 9.90 Å². The number of aromatic carboxylic acids is 1. The second-order valence-electron chi connectivity index (χ2n) is 5.38. The lowest BCUT2D eigenvalue weighted by Crippen LogP contribution is -2.13. The maximum atomic E-state index is 11.4. The van der Waals surface area contributed by atoms with E-state index in [0.29, 0.717) is 17.5 Å². The monoisotopic (exact) mass is 274 g/mol. The summed E-state index contributed by atoms with van der Waals surface area (Å²) in [5.74, 6) is 0.314. The van der Waals surface area contributed by atoms with E-state index in [0.717, 1.165) is 18.6 Å². The van der Waals surface area contributed by atoms with Crippen molar-refractivity contribution in [3.8, 4) is 11.5 Å². The van der Waals surface area contributed by atoms with Crippen LogP contribution in [0.3, 0.4) is 0 Å². The van der Waals surface area contributed by atoms with Gasteiger partial charge in [0.2, 0.25) is 0 Å². The Morgan fingerprint density at radius 3 is 2.70 bits per heavy atom. The average molecular weight is 274 g/mol. The molecule has 0 aromatic carbocycles. The molecular weight excluding hydrogens is 256 g/mol. The first-order valence-corrected chi connectivity index (χ1v) is 7.04. The summed E-state index contributed by atoms with van der Waals surface area (Å²) in [6.45, 7) is 1.84. The molecule has 2 aromatic rings. The van der Waals surface area contributed by atoms with Crippen LogP contribution in [-0.2, 0) is 0 Å². The highest BCUT2D eigenvalue weighted by Gasteiger charge is 2.23. The summed E-state index contributed by atoms with van der Waals surface area (Å²) in [7, 11) is 0. The van der Waals surface area contributed by atoms with Crippen LogP contribution in [-0.4, -0.2) is 20.9 Å². The number of hydrogen-bond donors (Lipinski definition) is 1. The molecule has 1 fully saturated rings. The Labute approximate surface area is 117 Å². The molecule has 20 heavy (non-hydrogen) atoms. The minimum atomic E-state index is -0.962. The standard InChI is InChI=1S/C15H18N2O3/c1-10-7-8-13(20-10)14-12(15(18)19)9-17(16-14)11-5-3-2-4-6-11/h7-9,11H,2-6H2,1H3,(H,18,19). The number of rotatable bonds is 3. The van der Waals surface area contributed by atoms with Gasteiger partial charge in [0.05, 0.1) is 6.04 Å². The number of nitrogens with zero attached hydrogens (tertiary/aromatic N) is 2. The molecule has 0 amide bonds. The molecular formula is C15H18N2O3. The van der Waals surface area contributed by atoms with E-state index in [1.54, 1.807) is 12.3 Å². The highest BCUT2D eigenvalue weighted by Crippen LogP contribution is 2.31. The summed E-state index contributed by atoms with van der Waals surface area (Å²) in [5, 5.41) is 13.8. The molecule has 0 atom stereocenters. The van der Waals surface area contributed by atoms with Crippen molar-refractivity contribution in [1.82, 2.24) is 9.78 Å². The van der Waals surface area contributed by atoms with Gasteiger partial charge in [0, 0.05) is 6.20 Å². The van der Waals surface area contributed by atoms with Crippen molar-refractivity contribution < 1.29 is 14.3 Å². The van der Waals surface area contributed by atoms with Gasteiger partial charge < -0.3 is 9.52 Å². The number of aromatic nitrogens is 2. The second-order valence-corrected chi connectivity index (χ2v) is 5.38. The SMILES string of the molecule is Cc1ccc(-c2nn(C3CCCCC3)cc2C(=O)O)o1. The molecule has 1 aliphatic carbocycles. The summed E-state index contributed by atoms with van der Waals surface area (Å²) >= 11 is 0. The Kier molecular flexibility index (Phi) is 3.34. The smallest absolute Gasteiger partial charge is 0.339 e.